The van der Waals surface area contributed by atoms with Crippen LogP contribution in [0.3, 0.4) is 0 Å². The summed E-state index contributed by atoms with van der Waals surface area (Å²) in [7, 11) is 0. The zero-order valence-corrected chi connectivity index (χ0v) is 11.0. The number of carbonyl (C=O) groups excluding carboxylic acids is 1. The van der Waals surface area contributed by atoms with E-state index in [2.05, 4.69) is 5.32 Å². The lowest BCUT2D eigenvalue weighted by Crippen LogP contribution is -2.18. The number of benzene rings is 1. The number of halogens is 2. The Bertz CT molecular complexity index is 430. The van der Waals surface area contributed by atoms with Crippen LogP contribution < -0.4 is 5.32 Å². The van der Waals surface area contributed by atoms with Gasteiger partial charge >= 0.3 is 0 Å². The molecule has 0 aliphatic heterocycles. The van der Waals surface area contributed by atoms with Crippen LogP contribution in [0.4, 0.5) is 10.1 Å². The molecule has 2 rings (SSSR count). The highest BCUT2D eigenvalue weighted by Gasteiger charge is 2.17. The summed E-state index contributed by atoms with van der Waals surface area (Å²) in [6, 6.07) is 4.27. The fourth-order valence-corrected chi connectivity index (χ4v) is 2.60. The summed E-state index contributed by atoms with van der Waals surface area (Å²) in [6.45, 7) is 0. The van der Waals surface area contributed by atoms with Crippen LogP contribution in [-0.4, -0.2) is 5.91 Å². The monoisotopic (exact) mass is 269 g/mol. The summed E-state index contributed by atoms with van der Waals surface area (Å²) < 4.78 is 13.5. The van der Waals surface area contributed by atoms with E-state index in [1.165, 1.54) is 31.4 Å². The summed E-state index contributed by atoms with van der Waals surface area (Å²) in [5.74, 6) is -0.142. The molecule has 0 spiro atoms. The van der Waals surface area contributed by atoms with Crippen LogP contribution in [0, 0.1) is 11.7 Å². The number of hydrogen-bond donors (Lipinski definition) is 1. The number of anilines is 1. The predicted molar refractivity (Wildman–Crippen MR) is 71.2 cm³/mol. The molecule has 0 aromatic heterocycles. The van der Waals surface area contributed by atoms with Gasteiger partial charge in [-0.1, -0.05) is 30.9 Å². The molecule has 0 atom stereocenters. The van der Waals surface area contributed by atoms with Crippen LogP contribution in [0.5, 0.6) is 0 Å². The summed E-state index contributed by atoms with van der Waals surface area (Å²) in [5.41, 5.74) is 0.209. The Morgan fingerprint density at radius 2 is 2.06 bits per heavy atom. The fraction of sp³-hybridized carbons (Fsp3) is 0.500. The maximum Gasteiger partial charge on any atom is 0.224 e. The van der Waals surface area contributed by atoms with E-state index in [0.29, 0.717) is 17.4 Å². The van der Waals surface area contributed by atoms with Crippen molar-refractivity contribution in [1.29, 1.82) is 0 Å². The average molecular weight is 270 g/mol. The lowest BCUT2D eigenvalue weighted by atomic mass is 9.87. The lowest BCUT2D eigenvalue weighted by Gasteiger charge is -2.20. The highest BCUT2D eigenvalue weighted by Crippen LogP contribution is 2.27. The third-order valence-electron chi connectivity index (χ3n) is 3.40. The van der Waals surface area contributed by atoms with Crippen molar-refractivity contribution in [1.82, 2.24) is 0 Å². The number of amides is 1. The van der Waals surface area contributed by atoms with E-state index in [1.807, 2.05) is 0 Å². The molecule has 1 saturated carbocycles. The van der Waals surface area contributed by atoms with Crippen molar-refractivity contribution < 1.29 is 9.18 Å². The molecular weight excluding hydrogens is 253 g/mol. The highest BCUT2D eigenvalue weighted by atomic mass is 35.5. The van der Waals surface area contributed by atoms with Crippen molar-refractivity contribution in [2.75, 3.05) is 5.32 Å². The Labute approximate surface area is 112 Å². The molecule has 1 fully saturated rings. The SMILES string of the molecule is O=C(CC1CCCCC1)Nc1ccc(Cl)cc1F. The second-order valence-corrected chi connectivity index (χ2v) is 5.32. The third-order valence-corrected chi connectivity index (χ3v) is 3.64. The zero-order chi connectivity index (χ0) is 13.0. The quantitative estimate of drug-likeness (QED) is 0.866. The van der Waals surface area contributed by atoms with E-state index in [-0.39, 0.29) is 11.6 Å². The molecule has 1 aromatic carbocycles. The Kier molecular flexibility index (Phi) is 4.59. The van der Waals surface area contributed by atoms with Crippen LogP contribution in [0.1, 0.15) is 38.5 Å². The minimum atomic E-state index is -0.487. The fourth-order valence-electron chi connectivity index (χ4n) is 2.45. The highest BCUT2D eigenvalue weighted by molar-refractivity contribution is 6.30. The molecule has 1 aromatic rings. The molecule has 0 bridgehead atoms. The summed E-state index contributed by atoms with van der Waals surface area (Å²) in [6.07, 6.45) is 6.37. The average Bonchev–Trinajstić information content (AvgIpc) is 2.34. The van der Waals surface area contributed by atoms with Crippen molar-refractivity contribution in [2.45, 2.75) is 38.5 Å². The number of carbonyl (C=O) groups is 1. The van der Waals surface area contributed by atoms with Gasteiger partial charge in [-0.3, -0.25) is 4.79 Å². The summed E-state index contributed by atoms with van der Waals surface area (Å²) in [4.78, 5) is 11.8. The second kappa shape index (κ2) is 6.19. The van der Waals surface area contributed by atoms with Gasteiger partial charge in [0.15, 0.2) is 0 Å². The van der Waals surface area contributed by atoms with Crippen LogP contribution in [0.2, 0.25) is 5.02 Å². The van der Waals surface area contributed by atoms with E-state index in [9.17, 15) is 9.18 Å². The molecule has 98 valence electrons. The number of rotatable bonds is 3. The molecule has 0 radical (unpaired) electrons. The molecule has 1 amide bonds. The van der Waals surface area contributed by atoms with Crippen LogP contribution in [0.25, 0.3) is 0 Å². The first-order valence-corrected chi connectivity index (χ1v) is 6.78. The first-order valence-electron chi connectivity index (χ1n) is 6.40. The second-order valence-electron chi connectivity index (χ2n) is 4.88. The van der Waals surface area contributed by atoms with Crippen molar-refractivity contribution >= 4 is 23.2 Å². The van der Waals surface area contributed by atoms with Crippen LogP contribution in [0.15, 0.2) is 18.2 Å². The Morgan fingerprint density at radius 3 is 2.72 bits per heavy atom. The van der Waals surface area contributed by atoms with Gasteiger partial charge in [0.25, 0.3) is 0 Å². The van der Waals surface area contributed by atoms with Crippen molar-refractivity contribution in [3.63, 3.8) is 0 Å². The van der Waals surface area contributed by atoms with Crippen LogP contribution in [-0.2, 0) is 4.79 Å². The summed E-state index contributed by atoms with van der Waals surface area (Å²) in [5, 5.41) is 2.94. The molecule has 18 heavy (non-hydrogen) atoms. The normalized spacial score (nSPS) is 16.6. The maximum absolute atomic E-state index is 13.5. The minimum Gasteiger partial charge on any atom is -0.324 e. The predicted octanol–water partition coefficient (Wildman–Crippen LogP) is 4.39. The van der Waals surface area contributed by atoms with Gasteiger partial charge in [-0.2, -0.15) is 0 Å². The van der Waals surface area contributed by atoms with E-state index in [0.717, 1.165) is 12.8 Å². The van der Waals surface area contributed by atoms with E-state index in [1.54, 1.807) is 6.07 Å². The van der Waals surface area contributed by atoms with Gasteiger partial charge in [-0.05, 0) is 37.0 Å². The van der Waals surface area contributed by atoms with Gasteiger partial charge in [0, 0.05) is 11.4 Å². The first kappa shape index (κ1) is 13.3. The van der Waals surface area contributed by atoms with Gasteiger partial charge < -0.3 is 5.32 Å². The van der Waals surface area contributed by atoms with Crippen LogP contribution >= 0.6 is 11.6 Å². The number of nitrogens with one attached hydrogen (secondary N) is 1. The van der Waals surface area contributed by atoms with Gasteiger partial charge in [0.1, 0.15) is 5.82 Å². The Morgan fingerprint density at radius 1 is 1.33 bits per heavy atom. The molecule has 0 unspecified atom stereocenters. The van der Waals surface area contributed by atoms with Gasteiger partial charge in [-0.15, -0.1) is 0 Å². The molecule has 2 nitrogen and oxygen atoms in total. The smallest absolute Gasteiger partial charge is 0.224 e. The summed E-state index contributed by atoms with van der Waals surface area (Å²) >= 11 is 5.66. The number of hydrogen-bond acceptors (Lipinski definition) is 1. The van der Waals surface area contributed by atoms with Gasteiger partial charge in [-0.25, -0.2) is 4.39 Å². The van der Waals surface area contributed by atoms with E-state index >= 15 is 0 Å². The maximum atomic E-state index is 13.5. The molecule has 0 saturated heterocycles. The Hall–Kier alpha value is -1.09. The van der Waals surface area contributed by atoms with Gasteiger partial charge in [0.2, 0.25) is 5.91 Å². The van der Waals surface area contributed by atoms with Crippen molar-refractivity contribution in [2.24, 2.45) is 5.92 Å². The zero-order valence-electron chi connectivity index (χ0n) is 10.2. The molecule has 4 heteroatoms. The first-order chi connectivity index (χ1) is 8.65. The largest absolute Gasteiger partial charge is 0.324 e. The van der Waals surface area contributed by atoms with E-state index < -0.39 is 5.82 Å². The van der Waals surface area contributed by atoms with E-state index in [4.69, 9.17) is 11.6 Å². The lowest BCUT2D eigenvalue weighted by molar-refractivity contribution is -0.117. The standard InChI is InChI=1S/C14H17ClFNO/c15-11-6-7-13(12(16)9-11)17-14(18)8-10-4-2-1-3-5-10/h6-7,9-10H,1-5,8H2,(H,17,18). The van der Waals surface area contributed by atoms with Crippen molar-refractivity contribution in [3.8, 4) is 0 Å². The molecule has 1 N–H and O–H groups in total. The third kappa shape index (κ3) is 3.70. The minimum absolute atomic E-state index is 0.108. The van der Waals surface area contributed by atoms with Crippen molar-refractivity contribution in [3.05, 3.63) is 29.0 Å². The molecule has 1 aliphatic rings. The Balaban J connectivity index is 1.90. The molecule has 1 aliphatic carbocycles. The topological polar surface area (TPSA) is 29.1 Å². The van der Waals surface area contributed by atoms with Gasteiger partial charge in [0.05, 0.1) is 5.69 Å². The molecular formula is C14H17ClFNO. The molecule has 0 heterocycles.